The minimum Gasteiger partial charge on any atom is -0.493 e. The maximum absolute atomic E-state index is 6.95. The zero-order chi connectivity index (χ0) is 15.3. The average Bonchev–Trinajstić information content (AvgIpc) is 2.74. The maximum atomic E-state index is 6.95. The molecule has 0 aliphatic heterocycles. The van der Waals surface area contributed by atoms with Gasteiger partial charge in [0.1, 0.15) is 0 Å². The molecular weight excluding hydrogens is 276 g/mol. The molecule has 0 radical (unpaired) electrons. The van der Waals surface area contributed by atoms with Gasteiger partial charge in [-0.15, -0.1) is 11.6 Å². The van der Waals surface area contributed by atoms with E-state index in [1.54, 1.807) is 21.3 Å². The summed E-state index contributed by atoms with van der Waals surface area (Å²) >= 11 is 6.95. The van der Waals surface area contributed by atoms with Crippen LogP contribution in [0.25, 0.3) is 0 Å². The summed E-state index contributed by atoms with van der Waals surface area (Å²) < 4.78 is 16.2. The first kappa shape index (κ1) is 15.3. The molecule has 1 aliphatic rings. The fourth-order valence-corrected chi connectivity index (χ4v) is 3.78. The molecule has 112 valence electrons. The largest absolute Gasteiger partial charge is 0.493 e. The number of benzene rings is 1. The molecule has 0 atom stereocenters. The Morgan fingerprint density at radius 2 is 1.20 bits per heavy atom. The van der Waals surface area contributed by atoms with Gasteiger partial charge in [-0.3, -0.25) is 0 Å². The molecule has 3 nitrogen and oxygen atoms in total. The number of rotatable bonds is 4. The highest BCUT2D eigenvalue weighted by Crippen LogP contribution is 2.80. The molecule has 0 saturated heterocycles. The summed E-state index contributed by atoms with van der Waals surface area (Å²) in [7, 11) is 4.83. The van der Waals surface area contributed by atoms with Gasteiger partial charge in [-0.05, 0) is 28.5 Å². The van der Waals surface area contributed by atoms with E-state index in [0.717, 1.165) is 5.56 Å². The predicted octanol–water partition coefficient (Wildman–Crippen LogP) is 4.21. The van der Waals surface area contributed by atoms with Gasteiger partial charge >= 0.3 is 0 Å². The molecule has 0 amide bonds. The SMILES string of the molecule is COc1cc(C2(Cl)C(C)(C)C2(C)C)cc(OC)c1OC. The van der Waals surface area contributed by atoms with Gasteiger partial charge in [0.05, 0.1) is 26.2 Å². The first-order chi connectivity index (χ1) is 9.18. The van der Waals surface area contributed by atoms with Gasteiger partial charge in [-0.25, -0.2) is 0 Å². The summed E-state index contributed by atoms with van der Waals surface area (Å²) in [6, 6.07) is 3.90. The summed E-state index contributed by atoms with van der Waals surface area (Å²) in [4.78, 5) is -0.438. The molecule has 1 aromatic rings. The van der Waals surface area contributed by atoms with Crippen LogP contribution in [0.4, 0.5) is 0 Å². The predicted molar refractivity (Wildman–Crippen MR) is 81.2 cm³/mol. The van der Waals surface area contributed by atoms with E-state index in [2.05, 4.69) is 27.7 Å². The zero-order valence-electron chi connectivity index (χ0n) is 13.3. The second-order valence-corrected chi connectivity index (χ2v) is 6.89. The molecular formula is C16H23ClO3. The lowest BCUT2D eigenvalue weighted by atomic mass is 10.0. The standard InChI is InChI=1S/C16H23ClO3/c1-14(2)15(3,4)16(14,17)10-8-11(18-5)13(20-7)12(9-10)19-6/h8-9H,1-7H3. The van der Waals surface area contributed by atoms with Crippen LogP contribution in [-0.2, 0) is 4.87 Å². The maximum Gasteiger partial charge on any atom is 0.203 e. The number of ether oxygens (including phenoxy) is 3. The Balaban J connectivity index is 2.61. The van der Waals surface area contributed by atoms with Gasteiger partial charge in [0.25, 0.3) is 0 Å². The molecule has 0 aromatic heterocycles. The van der Waals surface area contributed by atoms with E-state index in [9.17, 15) is 0 Å². The summed E-state index contributed by atoms with van der Waals surface area (Å²) in [6.07, 6.45) is 0. The van der Waals surface area contributed by atoms with Gasteiger partial charge in [-0.2, -0.15) is 0 Å². The van der Waals surface area contributed by atoms with Gasteiger partial charge in [0, 0.05) is 0 Å². The number of alkyl halides is 1. The summed E-state index contributed by atoms with van der Waals surface area (Å²) in [5, 5.41) is 0. The molecule has 0 spiro atoms. The lowest BCUT2D eigenvalue weighted by Gasteiger charge is -2.19. The topological polar surface area (TPSA) is 27.7 Å². The van der Waals surface area contributed by atoms with E-state index >= 15 is 0 Å². The molecule has 1 fully saturated rings. The van der Waals surface area contributed by atoms with Crippen molar-refractivity contribution in [3.63, 3.8) is 0 Å². The van der Waals surface area contributed by atoms with Crippen molar-refractivity contribution < 1.29 is 14.2 Å². The Morgan fingerprint density at radius 1 is 0.800 bits per heavy atom. The molecule has 20 heavy (non-hydrogen) atoms. The monoisotopic (exact) mass is 298 g/mol. The highest BCUT2D eigenvalue weighted by Gasteiger charge is 2.77. The van der Waals surface area contributed by atoms with Crippen LogP contribution in [0.2, 0.25) is 0 Å². The van der Waals surface area contributed by atoms with Crippen LogP contribution in [0.15, 0.2) is 12.1 Å². The number of halogens is 1. The Labute approximate surface area is 126 Å². The van der Waals surface area contributed by atoms with E-state index in [0.29, 0.717) is 17.2 Å². The van der Waals surface area contributed by atoms with Crippen molar-refractivity contribution in [2.45, 2.75) is 32.6 Å². The smallest absolute Gasteiger partial charge is 0.203 e. The van der Waals surface area contributed by atoms with Crippen LogP contribution < -0.4 is 14.2 Å². The first-order valence-corrected chi connectivity index (χ1v) is 7.06. The van der Waals surface area contributed by atoms with E-state index in [1.165, 1.54) is 0 Å². The normalized spacial score (nSPS) is 21.2. The quantitative estimate of drug-likeness (QED) is 0.779. The number of hydrogen-bond donors (Lipinski definition) is 0. The molecule has 1 aliphatic carbocycles. The third-order valence-electron chi connectivity index (χ3n) is 5.28. The van der Waals surface area contributed by atoms with Crippen LogP contribution in [0, 0.1) is 10.8 Å². The Hall–Kier alpha value is -1.09. The second-order valence-electron chi connectivity index (χ2n) is 6.32. The third kappa shape index (κ3) is 1.59. The minimum atomic E-state index is -0.438. The molecule has 1 aromatic carbocycles. The highest BCUT2D eigenvalue weighted by molar-refractivity contribution is 6.28. The molecule has 0 bridgehead atoms. The highest BCUT2D eigenvalue weighted by atomic mass is 35.5. The zero-order valence-corrected chi connectivity index (χ0v) is 14.0. The summed E-state index contributed by atoms with van der Waals surface area (Å²) in [5.74, 6) is 1.87. The van der Waals surface area contributed by atoms with Gasteiger partial charge in [-0.1, -0.05) is 27.7 Å². The van der Waals surface area contributed by atoms with Gasteiger partial charge < -0.3 is 14.2 Å². The van der Waals surface area contributed by atoms with Crippen LogP contribution in [0.1, 0.15) is 33.3 Å². The van der Waals surface area contributed by atoms with E-state index in [-0.39, 0.29) is 10.8 Å². The number of hydrogen-bond acceptors (Lipinski definition) is 3. The molecule has 4 heteroatoms. The minimum absolute atomic E-state index is 0.00777. The fourth-order valence-electron chi connectivity index (χ4n) is 3.25. The number of methoxy groups -OCH3 is 3. The van der Waals surface area contributed by atoms with Crippen molar-refractivity contribution in [2.24, 2.45) is 10.8 Å². The van der Waals surface area contributed by atoms with E-state index < -0.39 is 4.87 Å². The Kier molecular flexibility index (Phi) is 3.41. The van der Waals surface area contributed by atoms with E-state index in [1.807, 2.05) is 12.1 Å². The lowest BCUT2D eigenvalue weighted by molar-refractivity contribution is 0.323. The van der Waals surface area contributed by atoms with Crippen molar-refractivity contribution >= 4 is 11.6 Å². The van der Waals surface area contributed by atoms with Crippen molar-refractivity contribution in [1.29, 1.82) is 0 Å². The molecule has 0 N–H and O–H groups in total. The summed E-state index contributed by atoms with van der Waals surface area (Å²) in [5.41, 5.74) is 0.988. The second kappa shape index (κ2) is 4.45. The van der Waals surface area contributed by atoms with Crippen molar-refractivity contribution in [3.8, 4) is 17.2 Å². The lowest BCUT2D eigenvalue weighted by Crippen LogP contribution is -2.09. The molecule has 0 unspecified atom stereocenters. The van der Waals surface area contributed by atoms with Crippen LogP contribution >= 0.6 is 11.6 Å². The van der Waals surface area contributed by atoms with Crippen LogP contribution in [0.5, 0.6) is 17.2 Å². The van der Waals surface area contributed by atoms with Crippen molar-refractivity contribution in [2.75, 3.05) is 21.3 Å². The van der Waals surface area contributed by atoms with Gasteiger partial charge in [0.15, 0.2) is 11.5 Å². The average molecular weight is 299 g/mol. The third-order valence-corrected chi connectivity index (χ3v) is 6.45. The molecule has 0 heterocycles. The van der Waals surface area contributed by atoms with Gasteiger partial charge in [0.2, 0.25) is 5.75 Å². The molecule has 1 saturated carbocycles. The van der Waals surface area contributed by atoms with E-state index in [4.69, 9.17) is 25.8 Å². The van der Waals surface area contributed by atoms with Crippen molar-refractivity contribution in [1.82, 2.24) is 0 Å². The Bertz CT molecular complexity index is 496. The van der Waals surface area contributed by atoms with Crippen LogP contribution in [0.3, 0.4) is 0 Å². The summed E-state index contributed by atoms with van der Waals surface area (Å²) in [6.45, 7) is 8.73. The van der Waals surface area contributed by atoms with Crippen molar-refractivity contribution in [3.05, 3.63) is 17.7 Å². The fraction of sp³-hybridized carbons (Fsp3) is 0.625. The van der Waals surface area contributed by atoms with Crippen LogP contribution in [-0.4, -0.2) is 21.3 Å². The molecule has 2 rings (SSSR count). The Morgan fingerprint density at radius 3 is 1.45 bits per heavy atom. The first-order valence-electron chi connectivity index (χ1n) is 6.68.